The van der Waals surface area contributed by atoms with Crippen molar-refractivity contribution in [3.05, 3.63) is 36.7 Å². The molecule has 0 fully saturated rings. The zero-order chi connectivity index (χ0) is 9.26. The third kappa shape index (κ3) is 1.33. The van der Waals surface area contributed by atoms with E-state index < -0.39 is 0 Å². The average molecular weight is 175 g/mol. The number of aromatic nitrogens is 2. The Kier molecular flexibility index (Phi) is 1.66. The first-order chi connectivity index (χ1) is 6.27. The standard InChI is InChI=1S/C9H9N3O/c10-7-2-3-8(9(13)6-7)12-5-1-4-11-12/h1-6,13H,10H2. The number of hydrogen-bond donors (Lipinski definition) is 2. The van der Waals surface area contributed by atoms with E-state index in [4.69, 9.17) is 5.73 Å². The molecular formula is C9H9N3O. The van der Waals surface area contributed by atoms with Crippen molar-refractivity contribution in [1.82, 2.24) is 9.78 Å². The van der Waals surface area contributed by atoms with E-state index >= 15 is 0 Å². The molecule has 4 heteroatoms. The molecule has 0 aliphatic carbocycles. The van der Waals surface area contributed by atoms with Crippen LogP contribution in [-0.4, -0.2) is 14.9 Å². The third-order valence-corrected chi connectivity index (χ3v) is 1.75. The summed E-state index contributed by atoms with van der Waals surface area (Å²) >= 11 is 0. The van der Waals surface area contributed by atoms with Crippen LogP contribution in [0.2, 0.25) is 0 Å². The SMILES string of the molecule is Nc1ccc(-n2cccn2)c(O)c1. The fourth-order valence-corrected chi connectivity index (χ4v) is 1.15. The Bertz CT molecular complexity index is 409. The lowest BCUT2D eigenvalue weighted by Crippen LogP contribution is -1.95. The minimum Gasteiger partial charge on any atom is -0.506 e. The molecule has 1 heterocycles. The molecule has 0 aliphatic rings. The second-order valence-corrected chi connectivity index (χ2v) is 2.70. The van der Waals surface area contributed by atoms with Crippen LogP contribution in [0.3, 0.4) is 0 Å². The number of benzene rings is 1. The summed E-state index contributed by atoms with van der Waals surface area (Å²) in [4.78, 5) is 0. The van der Waals surface area contributed by atoms with E-state index in [1.807, 2.05) is 0 Å². The van der Waals surface area contributed by atoms with Crippen LogP contribution in [0.1, 0.15) is 0 Å². The highest BCUT2D eigenvalue weighted by Gasteiger charge is 2.02. The quantitative estimate of drug-likeness (QED) is 0.639. The fourth-order valence-electron chi connectivity index (χ4n) is 1.15. The number of nitrogens with zero attached hydrogens (tertiary/aromatic N) is 2. The Morgan fingerprint density at radius 1 is 1.38 bits per heavy atom. The van der Waals surface area contributed by atoms with Crippen LogP contribution in [0.25, 0.3) is 5.69 Å². The Hall–Kier alpha value is -1.97. The maximum atomic E-state index is 9.52. The van der Waals surface area contributed by atoms with Crippen molar-refractivity contribution in [2.75, 3.05) is 5.73 Å². The van der Waals surface area contributed by atoms with E-state index in [1.54, 1.807) is 35.3 Å². The molecule has 1 aromatic heterocycles. The van der Waals surface area contributed by atoms with E-state index in [1.165, 1.54) is 6.07 Å². The maximum absolute atomic E-state index is 9.52. The topological polar surface area (TPSA) is 64.1 Å². The first kappa shape index (κ1) is 7.67. The van der Waals surface area contributed by atoms with Gasteiger partial charge in [0.25, 0.3) is 0 Å². The number of aromatic hydroxyl groups is 1. The van der Waals surface area contributed by atoms with Crippen LogP contribution >= 0.6 is 0 Å². The first-order valence-corrected chi connectivity index (χ1v) is 3.86. The second-order valence-electron chi connectivity index (χ2n) is 2.70. The van der Waals surface area contributed by atoms with E-state index in [9.17, 15) is 5.11 Å². The van der Waals surface area contributed by atoms with Gasteiger partial charge in [0.15, 0.2) is 0 Å². The lowest BCUT2D eigenvalue weighted by Gasteiger charge is -2.04. The van der Waals surface area contributed by atoms with Gasteiger partial charge in [0, 0.05) is 24.1 Å². The summed E-state index contributed by atoms with van der Waals surface area (Å²) in [5, 5.41) is 13.5. The summed E-state index contributed by atoms with van der Waals surface area (Å²) in [5.74, 6) is 0.128. The van der Waals surface area contributed by atoms with E-state index in [0.717, 1.165) is 0 Å². The molecule has 1 aromatic carbocycles. The molecule has 0 saturated heterocycles. The zero-order valence-corrected chi connectivity index (χ0v) is 6.88. The summed E-state index contributed by atoms with van der Waals surface area (Å²) in [6.07, 6.45) is 3.40. The minimum atomic E-state index is 0.128. The number of nitrogen functional groups attached to an aromatic ring is 1. The second kappa shape index (κ2) is 2.82. The van der Waals surface area contributed by atoms with Crippen molar-refractivity contribution in [1.29, 1.82) is 0 Å². The van der Waals surface area contributed by atoms with Gasteiger partial charge in [-0.15, -0.1) is 0 Å². The molecule has 3 N–H and O–H groups in total. The lowest BCUT2D eigenvalue weighted by atomic mass is 10.2. The summed E-state index contributed by atoms with van der Waals surface area (Å²) in [7, 11) is 0. The highest BCUT2D eigenvalue weighted by molar-refractivity contribution is 5.54. The van der Waals surface area contributed by atoms with Gasteiger partial charge in [-0.1, -0.05) is 0 Å². The minimum absolute atomic E-state index is 0.128. The van der Waals surface area contributed by atoms with Crippen LogP contribution < -0.4 is 5.73 Å². The van der Waals surface area contributed by atoms with Gasteiger partial charge >= 0.3 is 0 Å². The van der Waals surface area contributed by atoms with Gasteiger partial charge in [-0.25, -0.2) is 4.68 Å². The number of rotatable bonds is 1. The largest absolute Gasteiger partial charge is 0.506 e. The molecule has 0 unspecified atom stereocenters. The molecule has 0 bridgehead atoms. The smallest absolute Gasteiger partial charge is 0.143 e. The normalized spacial score (nSPS) is 10.2. The Morgan fingerprint density at radius 3 is 2.85 bits per heavy atom. The van der Waals surface area contributed by atoms with Crippen LogP contribution in [0.4, 0.5) is 5.69 Å². The number of anilines is 1. The average Bonchev–Trinajstić information content (AvgIpc) is 2.56. The van der Waals surface area contributed by atoms with E-state index in [2.05, 4.69) is 5.10 Å². The molecule has 0 atom stereocenters. The number of nitrogens with two attached hydrogens (primary N) is 1. The van der Waals surface area contributed by atoms with Gasteiger partial charge in [0.2, 0.25) is 0 Å². The predicted octanol–water partition coefficient (Wildman–Crippen LogP) is 1.16. The van der Waals surface area contributed by atoms with Gasteiger partial charge in [0.1, 0.15) is 11.4 Å². The van der Waals surface area contributed by atoms with Gasteiger partial charge < -0.3 is 10.8 Å². The van der Waals surface area contributed by atoms with Gasteiger partial charge in [-0.3, -0.25) is 0 Å². The number of hydrogen-bond acceptors (Lipinski definition) is 3. The van der Waals surface area contributed by atoms with Crippen LogP contribution in [-0.2, 0) is 0 Å². The van der Waals surface area contributed by atoms with Gasteiger partial charge in [0.05, 0.1) is 0 Å². The van der Waals surface area contributed by atoms with Crippen molar-refractivity contribution < 1.29 is 5.11 Å². The van der Waals surface area contributed by atoms with E-state index in [-0.39, 0.29) is 5.75 Å². The lowest BCUT2D eigenvalue weighted by molar-refractivity contribution is 0.471. The molecule has 2 aromatic rings. The molecule has 0 saturated carbocycles. The Morgan fingerprint density at radius 2 is 2.23 bits per heavy atom. The Balaban J connectivity index is 2.53. The molecule has 4 nitrogen and oxygen atoms in total. The highest BCUT2D eigenvalue weighted by atomic mass is 16.3. The highest BCUT2D eigenvalue weighted by Crippen LogP contribution is 2.22. The molecular weight excluding hydrogens is 166 g/mol. The predicted molar refractivity (Wildman–Crippen MR) is 49.6 cm³/mol. The maximum Gasteiger partial charge on any atom is 0.143 e. The van der Waals surface area contributed by atoms with Crippen LogP contribution in [0, 0.1) is 0 Å². The summed E-state index contributed by atoms with van der Waals surface area (Å²) in [6.45, 7) is 0. The summed E-state index contributed by atoms with van der Waals surface area (Å²) < 4.78 is 1.58. The van der Waals surface area contributed by atoms with Crippen LogP contribution in [0.15, 0.2) is 36.7 Å². The fraction of sp³-hybridized carbons (Fsp3) is 0. The molecule has 66 valence electrons. The third-order valence-electron chi connectivity index (χ3n) is 1.75. The Labute approximate surface area is 75.2 Å². The van der Waals surface area contributed by atoms with Crippen LogP contribution in [0.5, 0.6) is 5.75 Å². The molecule has 2 rings (SSSR count). The molecule has 0 spiro atoms. The number of phenols is 1. The van der Waals surface area contributed by atoms with Gasteiger partial charge in [-0.05, 0) is 18.2 Å². The summed E-state index contributed by atoms with van der Waals surface area (Å²) in [5.41, 5.74) is 6.65. The van der Waals surface area contributed by atoms with Gasteiger partial charge in [-0.2, -0.15) is 5.10 Å². The van der Waals surface area contributed by atoms with Crippen molar-refractivity contribution in [3.8, 4) is 11.4 Å². The van der Waals surface area contributed by atoms with Crippen molar-refractivity contribution in [3.63, 3.8) is 0 Å². The van der Waals surface area contributed by atoms with Crippen molar-refractivity contribution in [2.45, 2.75) is 0 Å². The molecule has 13 heavy (non-hydrogen) atoms. The molecule has 0 aliphatic heterocycles. The van der Waals surface area contributed by atoms with E-state index in [0.29, 0.717) is 11.4 Å². The monoisotopic (exact) mass is 175 g/mol. The zero-order valence-electron chi connectivity index (χ0n) is 6.88. The number of phenolic OH excluding ortho intramolecular Hbond substituents is 1. The molecule has 0 radical (unpaired) electrons. The van der Waals surface area contributed by atoms with Crippen molar-refractivity contribution >= 4 is 5.69 Å². The molecule has 0 amide bonds. The van der Waals surface area contributed by atoms with Crippen molar-refractivity contribution in [2.24, 2.45) is 0 Å². The first-order valence-electron chi connectivity index (χ1n) is 3.86. The summed E-state index contributed by atoms with van der Waals surface area (Å²) in [6, 6.07) is 6.72.